The number of hydrogen-bond acceptors (Lipinski definition) is 4. The first-order chi connectivity index (χ1) is 11.5. The third-order valence-electron chi connectivity index (χ3n) is 3.64. The molecule has 128 valence electrons. The minimum atomic E-state index is -0.677. The van der Waals surface area contributed by atoms with E-state index in [-0.39, 0.29) is 0 Å². The summed E-state index contributed by atoms with van der Waals surface area (Å²) in [5, 5.41) is 10.9. The first kappa shape index (κ1) is 18.2. The predicted octanol–water partition coefficient (Wildman–Crippen LogP) is 4.29. The van der Waals surface area contributed by atoms with E-state index < -0.39 is 6.10 Å². The van der Waals surface area contributed by atoms with E-state index in [9.17, 15) is 5.11 Å². The molecule has 0 aliphatic rings. The normalized spacial score (nSPS) is 12.7. The van der Waals surface area contributed by atoms with Crippen LogP contribution in [0, 0.1) is 0 Å². The van der Waals surface area contributed by atoms with Crippen LogP contribution in [0.15, 0.2) is 36.4 Å². The maximum Gasteiger partial charge on any atom is 0.203 e. The molecule has 1 unspecified atom stereocenters. The van der Waals surface area contributed by atoms with Crippen molar-refractivity contribution in [2.24, 2.45) is 0 Å². The van der Waals surface area contributed by atoms with Gasteiger partial charge in [-0.05, 0) is 54.0 Å². The van der Waals surface area contributed by atoms with E-state index in [0.29, 0.717) is 22.3 Å². The van der Waals surface area contributed by atoms with Crippen molar-refractivity contribution < 1.29 is 19.3 Å². The lowest BCUT2D eigenvalue weighted by atomic mass is 9.97. The van der Waals surface area contributed by atoms with Gasteiger partial charge >= 0.3 is 0 Å². The Morgan fingerprint density at radius 2 is 1.54 bits per heavy atom. The highest BCUT2D eigenvalue weighted by atomic mass is 35.5. The van der Waals surface area contributed by atoms with Crippen LogP contribution < -0.4 is 14.2 Å². The third kappa shape index (κ3) is 4.02. The zero-order valence-corrected chi connectivity index (χ0v) is 14.9. The highest BCUT2D eigenvalue weighted by Crippen LogP contribution is 2.40. The zero-order valence-electron chi connectivity index (χ0n) is 14.2. The van der Waals surface area contributed by atoms with Crippen LogP contribution in [0.2, 0.25) is 5.02 Å². The molecule has 0 radical (unpaired) electrons. The number of hydrogen-bond donors (Lipinski definition) is 1. The summed E-state index contributed by atoms with van der Waals surface area (Å²) in [6, 6.07) is 11.0. The molecule has 0 aliphatic carbocycles. The van der Waals surface area contributed by atoms with Crippen molar-refractivity contribution in [2.75, 3.05) is 21.3 Å². The Labute approximate surface area is 147 Å². The predicted molar refractivity (Wildman–Crippen MR) is 97.1 cm³/mol. The summed E-state index contributed by atoms with van der Waals surface area (Å²) in [6.45, 7) is 1.71. The van der Waals surface area contributed by atoms with Crippen molar-refractivity contribution in [1.29, 1.82) is 0 Å². The van der Waals surface area contributed by atoms with Crippen LogP contribution in [0.5, 0.6) is 17.2 Å². The van der Waals surface area contributed by atoms with E-state index in [2.05, 4.69) is 0 Å². The summed E-state index contributed by atoms with van der Waals surface area (Å²) in [5.74, 6) is 1.59. The van der Waals surface area contributed by atoms with Gasteiger partial charge in [0.25, 0.3) is 0 Å². The highest BCUT2D eigenvalue weighted by molar-refractivity contribution is 6.30. The van der Waals surface area contributed by atoms with E-state index in [1.54, 1.807) is 28.3 Å². The average Bonchev–Trinajstić information content (AvgIpc) is 2.59. The largest absolute Gasteiger partial charge is 0.493 e. The number of ether oxygens (including phenoxy) is 3. The molecule has 0 fully saturated rings. The molecule has 1 atom stereocenters. The van der Waals surface area contributed by atoms with Crippen molar-refractivity contribution in [3.05, 3.63) is 52.5 Å². The van der Waals surface area contributed by atoms with Crippen molar-refractivity contribution in [3.8, 4) is 17.2 Å². The number of halogens is 1. The fourth-order valence-electron chi connectivity index (χ4n) is 2.43. The Morgan fingerprint density at radius 1 is 1.00 bits per heavy atom. The van der Waals surface area contributed by atoms with Crippen molar-refractivity contribution in [1.82, 2.24) is 0 Å². The van der Waals surface area contributed by atoms with Gasteiger partial charge in [0, 0.05) is 5.02 Å². The minimum absolute atomic E-state index is 0.514. The average molecular weight is 349 g/mol. The Morgan fingerprint density at radius 3 is 1.96 bits per heavy atom. The number of aliphatic hydroxyl groups excluding tert-OH is 1. The van der Waals surface area contributed by atoms with Crippen molar-refractivity contribution in [2.45, 2.75) is 13.0 Å². The Balaban J connectivity index is 2.57. The van der Waals surface area contributed by atoms with Gasteiger partial charge in [-0.3, -0.25) is 0 Å². The zero-order chi connectivity index (χ0) is 17.7. The summed E-state index contributed by atoms with van der Waals surface area (Å²) >= 11 is 5.92. The van der Waals surface area contributed by atoms with Gasteiger partial charge in [-0.25, -0.2) is 0 Å². The SMILES string of the molecule is COc1cc(/C(=C/c2ccc(Cl)cc2)C(C)O)cc(OC)c1OC. The van der Waals surface area contributed by atoms with Crippen LogP contribution in [0.3, 0.4) is 0 Å². The maximum atomic E-state index is 10.2. The van der Waals surface area contributed by atoms with E-state index in [4.69, 9.17) is 25.8 Å². The molecule has 0 heterocycles. The number of aliphatic hydroxyl groups is 1. The van der Waals surface area contributed by atoms with Gasteiger partial charge in [0.2, 0.25) is 5.75 Å². The molecule has 24 heavy (non-hydrogen) atoms. The fourth-order valence-corrected chi connectivity index (χ4v) is 2.56. The van der Waals surface area contributed by atoms with Crippen LogP contribution >= 0.6 is 11.6 Å². The topological polar surface area (TPSA) is 47.9 Å². The number of rotatable bonds is 6. The molecule has 4 nitrogen and oxygen atoms in total. The molecule has 0 spiro atoms. The molecule has 0 amide bonds. The van der Waals surface area contributed by atoms with Crippen LogP contribution in [-0.4, -0.2) is 32.5 Å². The highest BCUT2D eigenvalue weighted by Gasteiger charge is 2.17. The van der Waals surface area contributed by atoms with Gasteiger partial charge < -0.3 is 19.3 Å². The van der Waals surface area contributed by atoms with Crippen molar-refractivity contribution >= 4 is 23.3 Å². The van der Waals surface area contributed by atoms with Gasteiger partial charge in [-0.2, -0.15) is 0 Å². The molecule has 0 aromatic heterocycles. The van der Waals surface area contributed by atoms with Crippen LogP contribution in [0.1, 0.15) is 18.1 Å². The lowest BCUT2D eigenvalue weighted by Gasteiger charge is -2.17. The molecule has 0 saturated carbocycles. The van der Waals surface area contributed by atoms with Gasteiger partial charge in [-0.15, -0.1) is 0 Å². The Bertz CT molecular complexity index is 696. The molecular formula is C19H21ClO4. The Kier molecular flexibility index (Phi) is 6.12. The first-order valence-corrected chi connectivity index (χ1v) is 7.83. The molecule has 2 aromatic rings. The number of benzene rings is 2. The van der Waals surface area contributed by atoms with Gasteiger partial charge in [0.15, 0.2) is 11.5 Å². The molecule has 0 bridgehead atoms. The quantitative estimate of drug-likeness (QED) is 0.791. The molecular weight excluding hydrogens is 328 g/mol. The van der Waals surface area contributed by atoms with Crippen LogP contribution in [0.25, 0.3) is 11.6 Å². The summed E-state index contributed by atoms with van der Waals surface area (Å²) in [5.41, 5.74) is 2.45. The van der Waals surface area contributed by atoms with E-state index in [1.807, 2.05) is 42.5 Å². The van der Waals surface area contributed by atoms with Crippen molar-refractivity contribution in [3.63, 3.8) is 0 Å². The lowest BCUT2D eigenvalue weighted by molar-refractivity contribution is 0.254. The fraction of sp³-hybridized carbons (Fsp3) is 0.263. The maximum absolute atomic E-state index is 10.2. The number of methoxy groups -OCH3 is 3. The second-order valence-corrected chi connectivity index (χ2v) is 5.68. The minimum Gasteiger partial charge on any atom is -0.493 e. The summed E-state index contributed by atoms with van der Waals surface area (Å²) in [4.78, 5) is 0. The van der Waals surface area contributed by atoms with Gasteiger partial charge in [0.05, 0.1) is 27.4 Å². The second-order valence-electron chi connectivity index (χ2n) is 5.24. The second kappa shape index (κ2) is 8.08. The molecule has 5 heteroatoms. The third-order valence-corrected chi connectivity index (χ3v) is 3.89. The van der Waals surface area contributed by atoms with Gasteiger partial charge in [-0.1, -0.05) is 23.7 Å². The first-order valence-electron chi connectivity index (χ1n) is 7.45. The van der Waals surface area contributed by atoms with Crippen LogP contribution in [0.4, 0.5) is 0 Å². The molecule has 2 aromatic carbocycles. The molecule has 0 aliphatic heterocycles. The lowest BCUT2D eigenvalue weighted by Crippen LogP contribution is -2.05. The van der Waals surface area contributed by atoms with E-state index in [1.165, 1.54) is 0 Å². The summed E-state index contributed by atoms with van der Waals surface area (Å²) in [7, 11) is 4.68. The Hall–Kier alpha value is -2.17. The molecule has 1 N–H and O–H groups in total. The summed E-state index contributed by atoms with van der Waals surface area (Å²) < 4.78 is 16.1. The standard InChI is InChI=1S/C19H21ClO4/c1-12(21)16(9-13-5-7-15(20)8-6-13)14-10-17(22-2)19(24-4)18(11-14)23-3/h5-12,21H,1-4H3/b16-9+. The monoisotopic (exact) mass is 348 g/mol. The van der Waals surface area contributed by atoms with E-state index in [0.717, 1.165) is 16.7 Å². The molecule has 0 saturated heterocycles. The summed E-state index contributed by atoms with van der Waals surface area (Å²) in [6.07, 6.45) is 1.23. The van der Waals surface area contributed by atoms with E-state index >= 15 is 0 Å². The van der Waals surface area contributed by atoms with Crippen LogP contribution in [-0.2, 0) is 0 Å². The molecule has 2 rings (SSSR count). The van der Waals surface area contributed by atoms with Gasteiger partial charge in [0.1, 0.15) is 0 Å². The smallest absolute Gasteiger partial charge is 0.203 e.